The van der Waals surface area contributed by atoms with Gasteiger partial charge in [0, 0.05) is 19.5 Å². The molecule has 0 spiro atoms. The zero-order valence-electron chi connectivity index (χ0n) is 14.0. The van der Waals surface area contributed by atoms with E-state index in [-0.39, 0.29) is 0 Å². The fourth-order valence-corrected chi connectivity index (χ4v) is 3.22. The fourth-order valence-electron chi connectivity index (χ4n) is 2.53. The maximum atomic E-state index is 9.23. The molecule has 4 nitrogen and oxygen atoms in total. The third-order valence-corrected chi connectivity index (χ3v) is 4.80. The molecule has 0 unspecified atom stereocenters. The van der Waals surface area contributed by atoms with Crippen molar-refractivity contribution in [2.75, 3.05) is 14.1 Å². The predicted octanol–water partition coefficient (Wildman–Crippen LogP) is 3.81. The molecule has 0 radical (unpaired) electrons. The molecule has 0 aliphatic carbocycles. The number of nitrogens with zero attached hydrogens (tertiary/aromatic N) is 4. The summed E-state index contributed by atoms with van der Waals surface area (Å²) in [6.45, 7) is 3.89. The molecule has 1 aromatic carbocycles. The van der Waals surface area contributed by atoms with Gasteiger partial charge in [-0.15, -0.1) is 0 Å². The highest BCUT2D eigenvalue weighted by atomic mass is 127. The molecule has 0 amide bonds. The molecule has 0 N–H and O–H groups in total. The minimum Gasteiger partial charge on any atom is -0.318 e. The summed E-state index contributed by atoms with van der Waals surface area (Å²) in [5, 5.41) is 9.23. The summed E-state index contributed by atoms with van der Waals surface area (Å²) in [5.41, 5.74) is 3.09. The van der Waals surface area contributed by atoms with Crippen molar-refractivity contribution in [1.82, 2.24) is 14.5 Å². The first-order chi connectivity index (χ1) is 11.0. The summed E-state index contributed by atoms with van der Waals surface area (Å²) in [7, 11) is 4.15. The summed E-state index contributed by atoms with van der Waals surface area (Å²) in [6.07, 6.45) is 3.15. The first kappa shape index (κ1) is 18.0. The van der Waals surface area contributed by atoms with Gasteiger partial charge in [-0.2, -0.15) is 5.26 Å². The Balaban J connectivity index is 2.21. The van der Waals surface area contributed by atoms with Crippen LogP contribution in [0.1, 0.15) is 42.4 Å². The van der Waals surface area contributed by atoms with Gasteiger partial charge in [-0.05, 0) is 54.2 Å². The summed E-state index contributed by atoms with van der Waals surface area (Å²) in [5.74, 6) is 1.02. The monoisotopic (exact) mass is 422 g/mol. The zero-order valence-corrected chi connectivity index (χ0v) is 16.2. The number of aromatic nitrogens is 2. The van der Waals surface area contributed by atoms with E-state index in [0.29, 0.717) is 5.69 Å². The van der Waals surface area contributed by atoms with Crippen molar-refractivity contribution in [3.05, 3.63) is 50.6 Å². The van der Waals surface area contributed by atoms with E-state index < -0.39 is 0 Å². The van der Waals surface area contributed by atoms with Crippen LogP contribution in [-0.2, 0) is 19.5 Å². The van der Waals surface area contributed by atoms with Crippen molar-refractivity contribution < 1.29 is 0 Å². The number of benzene rings is 1. The number of imidazole rings is 1. The summed E-state index contributed by atoms with van der Waals surface area (Å²) < 4.78 is 3.11. The minimum absolute atomic E-state index is 0.543. The topological polar surface area (TPSA) is 44.9 Å². The Kier molecular flexibility index (Phi) is 6.60. The molecule has 1 heterocycles. The van der Waals surface area contributed by atoms with Gasteiger partial charge in [-0.25, -0.2) is 4.98 Å². The number of hydrogen-bond acceptors (Lipinski definition) is 3. The molecule has 1 aromatic heterocycles. The zero-order chi connectivity index (χ0) is 16.8. The fraction of sp³-hybridized carbons (Fsp3) is 0.444. The van der Waals surface area contributed by atoms with Gasteiger partial charge >= 0.3 is 0 Å². The molecular formula is C18H23IN4. The summed E-state index contributed by atoms with van der Waals surface area (Å²) in [6, 6.07) is 10.9. The van der Waals surface area contributed by atoms with Gasteiger partial charge in [0.25, 0.3) is 0 Å². The van der Waals surface area contributed by atoms with E-state index in [1.165, 1.54) is 11.1 Å². The van der Waals surface area contributed by atoms with Crippen molar-refractivity contribution >= 4 is 22.6 Å². The Morgan fingerprint density at radius 3 is 2.43 bits per heavy atom. The van der Waals surface area contributed by atoms with Gasteiger partial charge in [0.15, 0.2) is 5.69 Å². The highest BCUT2D eigenvalue weighted by Gasteiger charge is 2.14. The third kappa shape index (κ3) is 4.79. The predicted molar refractivity (Wildman–Crippen MR) is 101 cm³/mol. The third-order valence-electron chi connectivity index (χ3n) is 3.71. The highest BCUT2D eigenvalue weighted by Crippen LogP contribution is 2.18. The molecule has 0 bridgehead atoms. The van der Waals surface area contributed by atoms with Gasteiger partial charge < -0.3 is 9.47 Å². The maximum absolute atomic E-state index is 9.23. The average Bonchev–Trinajstić information content (AvgIpc) is 2.82. The lowest BCUT2D eigenvalue weighted by Gasteiger charge is -2.12. The van der Waals surface area contributed by atoms with Gasteiger partial charge in [0.1, 0.15) is 15.6 Å². The molecule has 2 rings (SSSR count). The lowest BCUT2D eigenvalue weighted by atomic mass is 10.1. The molecule has 122 valence electrons. The average molecular weight is 422 g/mol. The Hall–Kier alpha value is -1.39. The van der Waals surface area contributed by atoms with Crippen LogP contribution in [0.4, 0.5) is 0 Å². The van der Waals surface area contributed by atoms with Crippen LogP contribution in [0.15, 0.2) is 24.3 Å². The van der Waals surface area contributed by atoms with E-state index >= 15 is 0 Å². The van der Waals surface area contributed by atoms with E-state index in [9.17, 15) is 5.26 Å². The Morgan fingerprint density at radius 2 is 1.87 bits per heavy atom. The molecule has 5 heteroatoms. The highest BCUT2D eigenvalue weighted by molar-refractivity contribution is 14.1. The van der Waals surface area contributed by atoms with Gasteiger partial charge in [0.2, 0.25) is 0 Å². The number of nitriles is 1. The normalized spacial score (nSPS) is 11.0. The summed E-state index contributed by atoms with van der Waals surface area (Å²) in [4.78, 5) is 6.67. The lowest BCUT2D eigenvalue weighted by Crippen LogP contribution is -2.11. The van der Waals surface area contributed by atoms with Crippen LogP contribution in [0, 0.1) is 15.0 Å². The molecule has 0 saturated carbocycles. The van der Waals surface area contributed by atoms with E-state index in [0.717, 1.165) is 41.9 Å². The standard InChI is InChI=1S/C18H23IN4/c1-4-5-6-17-21-16(11-20)18(19)23(17)13-15-9-7-14(8-10-15)12-22(2)3/h7-10H,4-6,12-13H2,1-3H3. The van der Waals surface area contributed by atoms with Gasteiger partial charge in [-0.3, -0.25) is 0 Å². The van der Waals surface area contributed by atoms with Crippen molar-refractivity contribution in [1.29, 1.82) is 5.26 Å². The smallest absolute Gasteiger partial charge is 0.172 e. The second kappa shape index (κ2) is 8.46. The van der Waals surface area contributed by atoms with Gasteiger partial charge in [0.05, 0.1) is 0 Å². The Bertz CT molecular complexity index is 680. The van der Waals surface area contributed by atoms with Crippen molar-refractivity contribution in [3.8, 4) is 6.07 Å². The summed E-state index contributed by atoms with van der Waals surface area (Å²) >= 11 is 2.23. The number of unbranched alkanes of at least 4 members (excludes halogenated alkanes) is 1. The van der Waals surface area contributed by atoms with Crippen LogP contribution < -0.4 is 0 Å². The molecule has 0 atom stereocenters. The number of hydrogen-bond donors (Lipinski definition) is 0. The molecule has 0 saturated heterocycles. The van der Waals surface area contributed by atoms with E-state index in [1.54, 1.807) is 0 Å². The first-order valence-electron chi connectivity index (χ1n) is 7.92. The van der Waals surface area contributed by atoms with Gasteiger partial charge in [-0.1, -0.05) is 37.6 Å². The van der Waals surface area contributed by atoms with E-state index in [1.807, 2.05) is 0 Å². The number of rotatable bonds is 7. The quantitative estimate of drug-likeness (QED) is 0.638. The van der Waals surface area contributed by atoms with Crippen LogP contribution in [0.2, 0.25) is 0 Å². The maximum Gasteiger partial charge on any atom is 0.172 e. The van der Waals surface area contributed by atoms with Crippen LogP contribution in [0.5, 0.6) is 0 Å². The second-order valence-electron chi connectivity index (χ2n) is 6.02. The first-order valence-corrected chi connectivity index (χ1v) is 9.00. The second-order valence-corrected chi connectivity index (χ2v) is 7.05. The van der Waals surface area contributed by atoms with Crippen LogP contribution in [-0.4, -0.2) is 28.5 Å². The molecule has 0 fully saturated rings. The lowest BCUT2D eigenvalue weighted by molar-refractivity contribution is 0.402. The largest absolute Gasteiger partial charge is 0.318 e. The number of aryl methyl sites for hydroxylation is 1. The molecular weight excluding hydrogens is 399 g/mol. The van der Waals surface area contributed by atoms with Crippen molar-refractivity contribution in [2.24, 2.45) is 0 Å². The van der Waals surface area contributed by atoms with Crippen molar-refractivity contribution in [3.63, 3.8) is 0 Å². The molecule has 0 aliphatic heterocycles. The minimum atomic E-state index is 0.543. The van der Waals surface area contributed by atoms with Crippen molar-refractivity contribution in [2.45, 2.75) is 39.3 Å². The van der Waals surface area contributed by atoms with Crippen LogP contribution in [0.25, 0.3) is 0 Å². The van der Waals surface area contributed by atoms with E-state index in [2.05, 4.69) is 88.4 Å². The van der Waals surface area contributed by atoms with Crippen LogP contribution in [0.3, 0.4) is 0 Å². The van der Waals surface area contributed by atoms with E-state index in [4.69, 9.17) is 0 Å². The molecule has 0 aliphatic rings. The Labute approximate surface area is 152 Å². The number of halogens is 1. The SMILES string of the molecule is CCCCc1nc(C#N)c(I)n1Cc1ccc(CN(C)C)cc1. The van der Waals surface area contributed by atoms with Crippen LogP contribution >= 0.6 is 22.6 Å². The molecule has 23 heavy (non-hydrogen) atoms. The molecule has 2 aromatic rings. The Morgan fingerprint density at radius 1 is 1.22 bits per heavy atom.